The summed E-state index contributed by atoms with van der Waals surface area (Å²) >= 11 is 0. The zero-order chi connectivity index (χ0) is 10.7. The summed E-state index contributed by atoms with van der Waals surface area (Å²) in [5, 5.41) is 19.1. The van der Waals surface area contributed by atoms with Crippen LogP contribution in [0.1, 0.15) is 13.3 Å². The van der Waals surface area contributed by atoms with E-state index in [1.54, 1.807) is 6.92 Å². The first-order valence-electron chi connectivity index (χ1n) is 4.16. The number of nitrogens with zero attached hydrogens (tertiary/aromatic N) is 1. The van der Waals surface area contributed by atoms with E-state index in [0.717, 1.165) is 5.01 Å². The van der Waals surface area contributed by atoms with Gasteiger partial charge in [0.25, 0.3) is 0 Å². The Hall–Kier alpha value is -1.75. The van der Waals surface area contributed by atoms with Gasteiger partial charge in [-0.1, -0.05) is 6.92 Å². The predicted molar refractivity (Wildman–Crippen MR) is 51.7 cm³/mol. The summed E-state index contributed by atoms with van der Waals surface area (Å²) in [6.07, 6.45) is 0.276. The van der Waals surface area contributed by atoms with Crippen LogP contribution in [0.25, 0.3) is 0 Å². The van der Waals surface area contributed by atoms with Crippen molar-refractivity contribution >= 4 is 11.6 Å². The Balaban J connectivity index is 2.96. The van der Waals surface area contributed by atoms with Gasteiger partial charge in [-0.25, -0.2) is 10.9 Å². The highest BCUT2D eigenvalue weighted by atomic mass is 16.3. The van der Waals surface area contributed by atoms with Gasteiger partial charge in [0.1, 0.15) is 0 Å². The standard InChI is InChI=1S/C9H12N2O3/c1-2-9(14)11(10)6-3-4-7(12)8(13)5-6/h3-5,12-13H,2,10H2,1H3. The van der Waals surface area contributed by atoms with Crippen LogP contribution in [0.3, 0.4) is 0 Å². The molecule has 5 heteroatoms. The van der Waals surface area contributed by atoms with Crippen molar-refractivity contribution in [2.75, 3.05) is 5.01 Å². The van der Waals surface area contributed by atoms with E-state index < -0.39 is 0 Å². The highest BCUT2D eigenvalue weighted by molar-refractivity contribution is 5.92. The average Bonchev–Trinajstić information content (AvgIpc) is 2.20. The van der Waals surface area contributed by atoms with Crippen molar-refractivity contribution in [1.82, 2.24) is 0 Å². The number of benzene rings is 1. The van der Waals surface area contributed by atoms with Crippen LogP contribution in [0.2, 0.25) is 0 Å². The number of hydrogen-bond acceptors (Lipinski definition) is 4. The molecule has 4 N–H and O–H groups in total. The average molecular weight is 196 g/mol. The molecule has 0 aliphatic rings. The second-order valence-corrected chi connectivity index (χ2v) is 2.79. The summed E-state index contributed by atoms with van der Waals surface area (Å²) in [5.41, 5.74) is 0.340. The fraction of sp³-hybridized carbons (Fsp3) is 0.222. The minimum absolute atomic E-state index is 0.244. The van der Waals surface area contributed by atoms with Crippen molar-refractivity contribution in [3.05, 3.63) is 18.2 Å². The first kappa shape index (κ1) is 10.3. The molecule has 0 radical (unpaired) electrons. The van der Waals surface area contributed by atoms with Gasteiger partial charge in [0, 0.05) is 12.5 Å². The van der Waals surface area contributed by atoms with Gasteiger partial charge in [-0.3, -0.25) is 4.79 Å². The Labute approximate surface area is 81.3 Å². The van der Waals surface area contributed by atoms with Gasteiger partial charge < -0.3 is 10.2 Å². The highest BCUT2D eigenvalue weighted by Crippen LogP contribution is 2.28. The van der Waals surface area contributed by atoms with Crippen LogP contribution in [0.15, 0.2) is 18.2 Å². The van der Waals surface area contributed by atoms with E-state index in [1.165, 1.54) is 18.2 Å². The van der Waals surface area contributed by atoms with Crippen LogP contribution in [0.5, 0.6) is 11.5 Å². The molecule has 0 fully saturated rings. The van der Waals surface area contributed by atoms with Crippen LogP contribution < -0.4 is 10.9 Å². The molecule has 5 nitrogen and oxygen atoms in total. The van der Waals surface area contributed by atoms with E-state index >= 15 is 0 Å². The lowest BCUT2D eigenvalue weighted by molar-refractivity contribution is -0.118. The van der Waals surface area contributed by atoms with Crippen molar-refractivity contribution < 1.29 is 15.0 Å². The summed E-state index contributed by atoms with van der Waals surface area (Å²) in [6.45, 7) is 1.68. The normalized spacial score (nSPS) is 9.86. The summed E-state index contributed by atoms with van der Waals surface area (Å²) < 4.78 is 0. The van der Waals surface area contributed by atoms with Crippen LogP contribution in [-0.2, 0) is 4.79 Å². The largest absolute Gasteiger partial charge is 0.504 e. The lowest BCUT2D eigenvalue weighted by atomic mass is 10.2. The molecule has 1 amide bonds. The van der Waals surface area contributed by atoms with Crippen molar-refractivity contribution in [3.63, 3.8) is 0 Å². The molecule has 76 valence electrons. The number of anilines is 1. The maximum Gasteiger partial charge on any atom is 0.240 e. The maximum atomic E-state index is 11.2. The smallest absolute Gasteiger partial charge is 0.240 e. The van der Waals surface area contributed by atoms with E-state index in [9.17, 15) is 4.79 Å². The maximum absolute atomic E-state index is 11.2. The summed E-state index contributed by atoms with van der Waals surface area (Å²) in [6, 6.07) is 3.94. The number of carbonyl (C=O) groups is 1. The fourth-order valence-corrected chi connectivity index (χ4v) is 0.976. The number of amides is 1. The number of rotatable bonds is 2. The Bertz CT molecular complexity index is 352. The Morgan fingerprint density at radius 2 is 2.07 bits per heavy atom. The van der Waals surface area contributed by atoms with Crippen molar-refractivity contribution in [2.24, 2.45) is 5.84 Å². The molecule has 0 aliphatic heterocycles. The number of nitrogens with two attached hydrogens (primary N) is 1. The third-order valence-corrected chi connectivity index (χ3v) is 1.81. The molecule has 0 saturated heterocycles. The van der Waals surface area contributed by atoms with Gasteiger partial charge in [-0.15, -0.1) is 0 Å². The number of hydrogen-bond donors (Lipinski definition) is 3. The number of aromatic hydroxyl groups is 2. The summed E-state index contributed by atoms with van der Waals surface area (Å²) in [5.74, 6) is 4.64. The molecular weight excluding hydrogens is 184 g/mol. The second kappa shape index (κ2) is 3.97. The number of carbonyl (C=O) groups excluding carboxylic acids is 1. The van der Waals surface area contributed by atoms with Crippen molar-refractivity contribution in [3.8, 4) is 11.5 Å². The Morgan fingerprint density at radius 1 is 1.43 bits per heavy atom. The molecule has 1 aromatic rings. The summed E-state index contributed by atoms with van der Waals surface area (Å²) in [4.78, 5) is 11.2. The van der Waals surface area contributed by atoms with E-state index in [1.807, 2.05) is 0 Å². The van der Waals surface area contributed by atoms with Crippen molar-refractivity contribution in [1.29, 1.82) is 0 Å². The van der Waals surface area contributed by atoms with Gasteiger partial charge in [0.2, 0.25) is 5.91 Å². The molecule has 0 aromatic heterocycles. The van der Waals surface area contributed by atoms with Gasteiger partial charge in [0.15, 0.2) is 11.5 Å². The molecule has 0 atom stereocenters. The quantitative estimate of drug-likeness (QED) is 0.281. The van der Waals surface area contributed by atoms with Gasteiger partial charge in [-0.05, 0) is 12.1 Å². The van der Waals surface area contributed by atoms with E-state index in [-0.39, 0.29) is 23.8 Å². The zero-order valence-corrected chi connectivity index (χ0v) is 7.77. The summed E-state index contributed by atoms with van der Waals surface area (Å²) in [7, 11) is 0. The van der Waals surface area contributed by atoms with Crippen LogP contribution in [-0.4, -0.2) is 16.1 Å². The lowest BCUT2D eigenvalue weighted by Crippen LogP contribution is -2.36. The molecular formula is C9H12N2O3. The van der Waals surface area contributed by atoms with E-state index in [2.05, 4.69) is 0 Å². The first-order valence-corrected chi connectivity index (χ1v) is 4.16. The third-order valence-electron chi connectivity index (χ3n) is 1.81. The fourth-order valence-electron chi connectivity index (χ4n) is 0.976. The molecule has 0 aliphatic carbocycles. The molecule has 1 aromatic carbocycles. The molecule has 0 bridgehead atoms. The van der Waals surface area contributed by atoms with Gasteiger partial charge in [-0.2, -0.15) is 0 Å². The van der Waals surface area contributed by atoms with Crippen molar-refractivity contribution in [2.45, 2.75) is 13.3 Å². The van der Waals surface area contributed by atoms with Crippen LogP contribution in [0, 0.1) is 0 Å². The second-order valence-electron chi connectivity index (χ2n) is 2.79. The number of hydrazine groups is 1. The van der Waals surface area contributed by atoms with Gasteiger partial charge in [0.05, 0.1) is 5.69 Å². The minimum atomic E-state index is -0.304. The van der Waals surface area contributed by atoms with E-state index in [0.29, 0.717) is 5.69 Å². The molecule has 0 saturated carbocycles. The van der Waals surface area contributed by atoms with Gasteiger partial charge >= 0.3 is 0 Å². The topological polar surface area (TPSA) is 86.8 Å². The molecule has 0 spiro atoms. The lowest BCUT2D eigenvalue weighted by Gasteiger charge is -2.15. The molecule has 0 unspecified atom stereocenters. The highest BCUT2D eigenvalue weighted by Gasteiger charge is 2.10. The first-order chi connectivity index (χ1) is 6.56. The van der Waals surface area contributed by atoms with Crippen LogP contribution in [0.4, 0.5) is 5.69 Å². The zero-order valence-electron chi connectivity index (χ0n) is 7.77. The number of phenolic OH excluding ortho intramolecular Hbond substituents is 2. The third kappa shape index (κ3) is 1.94. The van der Waals surface area contributed by atoms with Crippen LogP contribution >= 0.6 is 0 Å². The SMILES string of the molecule is CCC(=O)N(N)c1ccc(O)c(O)c1. The van der Waals surface area contributed by atoms with E-state index in [4.69, 9.17) is 16.1 Å². The monoisotopic (exact) mass is 196 g/mol. The molecule has 14 heavy (non-hydrogen) atoms. The Kier molecular flexibility index (Phi) is 2.93. The Morgan fingerprint density at radius 3 is 2.57 bits per heavy atom. The predicted octanol–water partition coefficient (Wildman–Crippen LogP) is 0.714. The minimum Gasteiger partial charge on any atom is -0.504 e. The number of phenols is 2. The molecule has 1 rings (SSSR count). The molecule has 0 heterocycles.